The first-order valence-corrected chi connectivity index (χ1v) is 5.05. The molecule has 9 heteroatoms. The standard InChI is InChI=1S/C9H15N5O4/c1-5(12-7(15)4-11-14-10)8(16)13-6(2)9(17)18-3/h5-6H,4H2,1-3H3,(H,12,15)(H,13,16)/t5-,6+/m1/s1/i/hD. The molecule has 0 aliphatic heterocycles. The summed E-state index contributed by atoms with van der Waals surface area (Å²) in [6.45, 7) is 2.16. The molecular formula is C9H15N5O4. The van der Waals surface area contributed by atoms with E-state index in [0.29, 0.717) is 5.31 Å². The molecule has 0 aromatic rings. The minimum absolute atomic E-state index is 0.383. The Morgan fingerprint density at radius 3 is 2.56 bits per heavy atom. The molecule has 0 bridgehead atoms. The van der Waals surface area contributed by atoms with Crippen LogP contribution in [0, 0.1) is 0 Å². The van der Waals surface area contributed by atoms with Gasteiger partial charge in [0.05, 0.1) is 7.11 Å². The molecule has 18 heavy (non-hydrogen) atoms. The molecule has 0 rings (SSSR count). The molecule has 0 radical (unpaired) electrons. The van der Waals surface area contributed by atoms with Crippen LogP contribution in [0.3, 0.4) is 0 Å². The average molecular weight is 258 g/mol. The van der Waals surface area contributed by atoms with Crippen LogP contribution in [-0.4, -0.2) is 43.5 Å². The van der Waals surface area contributed by atoms with E-state index in [2.05, 4.69) is 20.1 Å². The summed E-state index contributed by atoms with van der Waals surface area (Å²) in [4.78, 5) is 36.5. The van der Waals surface area contributed by atoms with Crippen molar-refractivity contribution in [2.75, 3.05) is 13.7 Å². The van der Waals surface area contributed by atoms with Gasteiger partial charge in [-0.15, -0.1) is 0 Å². The number of rotatable bonds is 6. The summed E-state index contributed by atoms with van der Waals surface area (Å²) in [6.07, 6.45) is 0. The summed E-state index contributed by atoms with van der Waals surface area (Å²) in [6, 6.07) is -2.02. The lowest BCUT2D eigenvalue weighted by atomic mass is 10.2. The van der Waals surface area contributed by atoms with E-state index in [-0.39, 0.29) is 0 Å². The van der Waals surface area contributed by atoms with Gasteiger partial charge in [-0.2, -0.15) is 0 Å². The molecule has 0 aliphatic rings. The van der Waals surface area contributed by atoms with Gasteiger partial charge in [0.1, 0.15) is 18.6 Å². The molecule has 0 heterocycles. The van der Waals surface area contributed by atoms with E-state index in [1.807, 2.05) is 0 Å². The Hall–Kier alpha value is -2.28. The molecule has 100 valence electrons. The summed E-state index contributed by atoms with van der Waals surface area (Å²) >= 11 is 0. The van der Waals surface area contributed by atoms with Gasteiger partial charge < -0.3 is 15.4 Å². The van der Waals surface area contributed by atoms with Gasteiger partial charge in [0, 0.05) is 4.91 Å². The summed E-state index contributed by atoms with van der Waals surface area (Å²) in [5.41, 5.74) is 8.05. The molecular weight excluding hydrogens is 242 g/mol. The third kappa shape index (κ3) is 5.71. The Morgan fingerprint density at radius 1 is 1.44 bits per heavy atom. The number of carbonyl (C=O) groups is 3. The van der Waals surface area contributed by atoms with Crippen molar-refractivity contribution in [3.63, 3.8) is 0 Å². The predicted octanol–water partition coefficient (Wildman–Crippen LogP) is -0.521. The van der Waals surface area contributed by atoms with E-state index >= 15 is 0 Å². The number of azide groups is 1. The Morgan fingerprint density at radius 2 is 2.06 bits per heavy atom. The fourth-order valence-corrected chi connectivity index (χ4v) is 0.977. The lowest BCUT2D eigenvalue weighted by Gasteiger charge is -2.16. The maximum atomic E-state index is 11.7. The van der Waals surface area contributed by atoms with Crippen molar-refractivity contribution in [1.29, 1.82) is 0 Å². The Labute approximate surface area is 105 Å². The van der Waals surface area contributed by atoms with E-state index in [9.17, 15) is 14.4 Å². The zero-order chi connectivity index (χ0) is 15.0. The highest BCUT2D eigenvalue weighted by atomic mass is 16.5. The molecule has 2 N–H and O–H groups in total. The highest BCUT2D eigenvalue weighted by Gasteiger charge is 2.20. The molecule has 0 aromatic carbocycles. The number of nitrogens with zero attached hydrogens (tertiary/aromatic N) is 3. The van der Waals surface area contributed by atoms with Gasteiger partial charge in [-0.05, 0) is 19.4 Å². The normalized spacial score (nSPS) is 13.4. The van der Waals surface area contributed by atoms with Crippen LogP contribution in [0.1, 0.15) is 13.8 Å². The summed E-state index contributed by atoms with van der Waals surface area (Å²) in [5, 5.41) is 5.67. The van der Waals surface area contributed by atoms with Gasteiger partial charge >= 0.3 is 5.97 Å². The number of methoxy groups -OCH3 is 1. The second-order valence-electron chi connectivity index (χ2n) is 3.34. The van der Waals surface area contributed by atoms with Crippen LogP contribution in [0.2, 0.25) is 1.41 Å². The van der Waals surface area contributed by atoms with Crippen LogP contribution in [0.25, 0.3) is 10.4 Å². The van der Waals surface area contributed by atoms with Crippen molar-refractivity contribution < 1.29 is 20.5 Å². The van der Waals surface area contributed by atoms with Crippen LogP contribution < -0.4 is 10.6 Å². The lowest BCUT2D eigenvalue weighted by molar-refractivity contribution is -0.144. The van der Waals surface area contributed by atoms with Gasteiger partial charge in [-0.3, -0.25) is 9.59 Å². The van der Waals surface area contributed by atoms with E-state index in [1.54, 1.807) is 0 Å². The average Bonchev–Trinajstić information content (AvgIpc) is 2.41. The summed E-state index contributed by atoms with van der Waals surface area (Å²) in [7, 11) is 1.18. The van der Waals surface area contributed by atoms with Crippen LogP contribution in [-0.2, 0) is 19.1 Å². The second-order valence-corrected chi connectivity index (χ2v) is 3.34. The fourth-order valence-electron chi connectivity index (χ4n) is 0.977. The maximum absolute atomic E-state index is 11.7. The first-order chi connectivity index (χ1) is 8.84. The minimum atomic E-state index is -1.13. The van der Waals surface area contributed by atoms with Crippen LogP contribution in [0.15, 0.2) is 5.11 Å². The number of amides is 2. The van der Waals surface area contributed by atoms with Crippen molar-refractivity contribution in [2.24, 2.45) is 5.11 Å². The highest BCUT2D eigenvalue weighted by molar-refractivity contribution is 5.90. The highest BCUT2D eigenvalue weighted by Crippen LogP contribution is 1.89. The Bertz CT molecular complexity index is 409. The molecule has 0 saturated heterocycles. The molecule has 9 nitrogen and oxygen atoms in total. The molecule has 0 spiro atoms. The number of esters is 1. The molecule has 2 atom stereocenters. The minimum Gasteiger partial charge on any atom is -0.467 e. The molecule has 0 fully saturated rings. The largest absolute Gasteiger partial charge is 0.467 e. The van der Waals surface area contributed by atoms with Gasteiger partial charge in [0.2, 0.25) is 11.8 Å². The Balaban J connectivity index is 4.51. The quantitative estimate of drug-likeness (QED) is 0.287. The lowest BCUT2D eigenvalue weighted by Crippen LogP contribution is -2.50. The van der Waals surface area contributed by atoms with Crippen molar-refractivity contribution in [2.45, 2.75) is 25.9 Å². The van der Waals surface area contributed by atoms with Crippen molar-refractivity contribution in [3.05, 3.63) is 10.4 Å². The summed E-state index contributed by atoms with van der Waals surface area (Å²) < 4.78 is 11.8. The fraction of sp³-hybridized carbons (Fsp3) is 0.667. The van der Waals surface area contributed by atoms with Crippen molar-refractivity contribution in [3.8, 4) is 0 Å². The van der Waals surface area contributed by atoms with E-state index < -0.39 is 36.4 Å². The number of hydrogen-bond acceptors (Lipinski definition) is 5. The SMILES string of the molecule is [2H]N(C(=O)CN=[N+]=[N-])[C@H](C)C(=O)N[C@@H](C)C(=O)OC. The van der Waals surface area contributed by atoms with Crippen molar-refractivity contribution in [1.82, 2.24) is 10.6 Å². The first-order valence-electron chi connectivity index (χ1n) is 5.49. The predicted molar refractivity (Wildman–Crippen MR) is 61.2 cm³/mol. The molecule has 0 aromatic heterocycles. The van der Waals surface area contributed by atoms with Gasteiger partial charge in [0.15, 0.2) is 1.41 Å². The maximum Gasteiger partial charge on any atom is 0.328 e. The van der Waals surface area contributed by atoms with Crippen LogP contribution in [0.5, 0.6) is 0 Å². The number of hydrogen-bond donors (Lipinski definition) is 2. The third-order valence-electron chi connectivity index (χ3n) is 1.90. The number of ether oxygens (including phenoxy) is 1. The zero-order valence-corrected chi connectivity index (χ0v) is 10.3. The zero-order valence-electron chi connectivity index (χ0n) is 11.3. The smallest absolute Gasteiger partial charge is 0.328 e. The number of carbonyl (C=O) groups excluding carboxylic acids is 3. The summed E-state index contributed by atoms with van der Waals surface area (Å²) in [5.74, 6) is -2.16. The Kier molecular flexibility index (Phi) is 6.05. The van der Waals surface area contributed by atoms with Crippen molar-refractivity contribution >= 4 is 17.8 Å². The van der Waals surface area contributed by atoms with Crippen LogP contribution in [0.4, 0.5) is 0 Å². The van der Waals surface area contributed by atoms with E-state index in [1.165, 1.54) is 21.0 Å². The number of nitrogens with one attached hydrogen (secondary N) is 2. The topological polar surface area (TPSA) is 133 Å². The van der Waals surface area contributed by atoms with Gasteiger partial charge in [-0.25, -0.2) is 4.79 Å². The van der Waals surface area contributed by atoms with Crippen LogP contribution >= 0.6 is 0 Å². The molecule has 0 unspecified atom stereocenters. The molecule has 0 aliphatic carbocycles. The van der Waals surface area contributed by atoms with Gasteiger partial charge in [-0.1, -0.05) is 5.11 Å². The first kappa shape index (κ1) is 13.8. The molecule has 0 saturated carbocycles. The molecule has 2 amide bonds. The van der Waals surface area contributed by atoms with E-state index in [0.717, 1.165) is 0 Å². The third-order valence-corrected chi connectivity index (χ3v) is 1.90. The van der Waals surface area contributed by atoms with E-state index in [4.69, 9.17) is 6.94 Å². The monoisotopic (exact) mass is 258 g/mol. The second kappa shape index (κ2) is 7.91. The van der Waals surface area contributed by atoms with Gasteiger partial charge in [0.25, 0.3) is 0 Å².